The Labute approximate surface area is 278 Å². The molecular weight excluding hydrogens is 583 g/mol. The van der Waals surface area contributed by atoms with E-state index in [0.29, 0.717) is 17.5 Å². The molecule has 1 heterocycles. The Balaban J connectivity index is 1.23. The van der Waals surface area contributed by atoms with Crippen LogP contribution in [0.1, 0.15) is 0 Å². The second-order valence-corrected chi connectivity index (χ2v) is 12.0. The van der Waals surface area contributed by atoms with Crippen molar-refractivity contribution < 1.29 is 0 Å². The Kier molecular flexibility index (Phi) is 6.80. The van der Waals surface area contributed by atoms with Crippen LogP contribution in [0.2, 0.25) is 0 Å². The Bertz CT molecular complexity index is 2600. The number of hydrogen-bond donors (Lipinski definition) is 0. The largest absolute Gasteiger partial charge is 0.208 e. The minimum atomic E-state index is 0.646. The van der Waals surface area contributed by atoms with Crippen LogP contribution >= 0.6 is 0 Å². The van der Waals surface area contributed by atoms with Gasteiger partial charge in [-0.2, -0.15) is 0 Å². The molecule has 0 amide bonds. The normalized spacial score (nSPS) is 11.3. The lowest BCUT2D eigenvalue weighted by atomic mass is 9.92. The minimum absolute atomic E-state index is 0.646. The first kappa shape index (κ1) is 27.8. The Morgan fingerprint density at radius 2 is 0.750 bits per heavy atom. The maximum Gasteiger partial charge on any atom is 0.164 e. The van der Waals surface area contributed by atoms with Crippen LogP contribution in [0.3, 0.4) is 0 Å². The van der Waals surface area contributed by atoms with Gasteiger partial charge in [0.05, 0.1) is 0 Å². The van der Waals surface area contributed by atoms with Crippen molar-refractivity contribution >= 4 is 32.3 Å². The molecule has 9 rings (SSSR count). The molecule has 9 aromatic rings. The van der Waals surface area contributed by atoms with Crippen molar-refractivity contribution in [3.8, 4) is 56.4 Å². The van der Waals surface area contributed by atoms with Gasteiger partial charge in [-0.25, -0.2) is 15.0 Å². The second-order valence-electron chi connectivity index (χ2n) is 12.0. The molecule has 1 aromatic heterocycles. The van der Waals surface area contributed by atoms with Gasteiger partial charge in [0.25, 0.3) is 0 Å². The summed E-state index contributed by atoms with van der Waals surface area (Å²) in [4.78, 5) is 15.3. The van der Waals surface area contributed by atoms with Gasteiger partial charge in [-0.05, 0) is 66.7 Å². The third-order valence-electron chi connectivity index (χ3n) is 9.12. The van der Waals surface area contributed by atoms with E-state index in [1.807, 2.05) is 24.3 Å². The van der Waals surface area contributed by atoms with Crippen LogP contribution in [0.5, 0.6) is 0 Å². The highest BCUT2D eigenvalue weighted by molar-refractivity contribution is 6.08. The van der Waals surface area contributed by atoms with E-state index < -0.39 is 0 Å². The standard InChI is InChI=1S/C45H29N3/c1-3-12-30(13-4-1)34-26-24-31-25-27-35(29-36(31)28-34)44-46-43(33-15-5-2-6-16-33)47-45(48-44)42-23-11-21-40-39(20-10-22-41(40)42)38-19-9-17-32-14-7-8-18-37(32)38/h1-29H. The van der Waals surface area contributed by atoms with Gasteiger partial charge in [0.1, 0.15) is 0 Å². The van der Waals surface area contributed by atoms with E-state index in [2.05, 4.69) is 152 Å². The van der Waals surface area contributed by atoms with Crippen LogP contribution in [-0.4, -0.2) is 15.0 Å². The topological polar surface area (TPSA) is 38.7 Å². The van der Waals surface area contributed by atoms with Gasteiger partial charge in [-0.1, -0.05) is 164 Å². The lowest BCUT2D eigenvalue weighted by Gasteiger charge is -2.14. The smallest absolute Gasteiger partial charge is 0.164 e. The summed E-state index contributed by atoms with van der Waals surface area (Å²) < 4.78 is 0. The number of fused-ring (bicyclic) bond motifs is 3. The molecule has 0 bridgehead atoms. The molecule has 0 spiro atoms. The number of benzene rings is 8. The molecule has 0 fully saturated rings. The maximum atomic E-state index is 5.17. The highest BCUT2D eigenvalue weighted by Crippen LogP contribution is 2.38. The van der Waals surface area contributed by atoms with Gasteiger partial charge in [0, 0.05) is 16.7 Å². The summed E-state index contributed by atoms with van der Waals surface area (Å²) in [6, 6.07) is 61.7. The van der Waals surface area contributed by atoms with E-state index in [9.17, 15) is 0 Å². The second kappa shape index (κ2) is 11.7. The number of nitrogens with zero attached hydrogens (tertiary/aromatic N) is 3. The molecule has 3 nitrogen and oxygen atoms in total. The molecule has 0 N–H and O–H groups in total. The molecule has 0 aliphatic carbocycles. The van der Waals surface area contributed by atoms with E-state index in [1.54, 1.807) is 0 Å². The summed E-state index contributed by atoms with van der Waals surface area (Å²) in [6.07, 6.45) is 0. The number of aromatic nitrogens is 3. The van der Waals surface area contributed by atoms with Gasteiger partial charge >= 0.3 is 0 Å². The van der Waals surface area contributed by atoms with Crippen LogP contribution in [0, 0.1) is 0 Å². The van der Waals surface area contributed by atoms with Crippen molar-refractivity contribution in [2.24, 2.45) is 0 Å². The molecule has 0 radical (unpaired) electrons. The van der Waals surface area contributed by atoms with Crippen LogP contribution < -0.4 is 0 Å². The minimum Gasteiger partial charge on any atom is -0.208 e. The predicted molar refractivity (Wildman–Crippen MR) is 200 cm³/mol. The fraction of sp³-hybridized carbons (Fsp3) is 0. The first-order valence-electron chi connectivity index (χ1n) is 16.2. The average Bonchev–Trinajstić information content (AvgIpc) is 3.17. The van der Waals surface area contributed by atoms with Crippen LogP contribution in [0.4, 0.5) is 0 Å². The van der Waals surface area contributed by atoms with Crippen molar-refractivity contribution in [3.63, 3.8) is 0 Å². The predicted octanol–water partition coefficient (Wildman–Crippen LogP) is 11.7. The van der Waals surface area contributed by atoms with Gasteiger partial charge in [-0.3, -0.25) is 0 Å². The number of hydrogen-bond acceptors (Lipinski definition) is 3. The molecule has 0 unspecified atom stereocenters. The molecule has 224 valence electrons. The zero-order valence-electron chi connectivity index (χ0n) is 26.1. The Hall–Kier alpha value is -6.45. The summed E-state index contributed by atoms with van der Waals surface area (Å²) in [5.41, 5.74) is 7.64. The first-order chi connectivity index (χ1) is 23.8. The summed E-state index contributed by atoms with van der Waals surface area (Å²) in [6.45, 7) is 0. The zero-order valence-corrected chi connectivity index (χ0v) is 26.1. The molecule has 0 atom stereocenters. The molecule has 0 aliphatic rings. The van der Waals surface area contributed by atoms with Crippen molar-refractivity contribution in [2.75, 3.05) is 0 Å². The van der Waals surface area contributed by atoms with Crippen LogP contribution in [0.15, 0.2) is 176 Å². The molecule has 0 saturated heterocycles. The molecule has 8 aromatic carbocycles. The highest BCUT2D eigenvalue weighted by Gasteiger charge is 2.16. The van der Waals surface area contributed by atoms with Crippen molar-refractivity contribution in [2.45, 2.75) is 0 Å². The van der Waals surface area contributed by atoms with E-state index in [-0.39, 0.29) is 0 Å². The average molecular weight is 612 g/mol. The van der Waals surface area contributed by atoms with Crippen LogP contribution in [0.25, 0.3) is 88.7 Å². The molecular formula is C45H29N3. The monoisotopic (exact) mass is 611 g/mol. The van der Waals surface area contributed by atoms with Crippen LogP contribution in [-0.2, 0) is 0 Å². The summed E-state index contributed by atoms with van der Waals surface area (Å²) >= 11 is 0. The molecule has 48 heavy (non-hydrogen) atoms. The summed E-state index contributed by atoms with van der Waals surface area (Å²) in [5.74, 6) is 1.95. The van der Waals surface area contributed by atoms with Gasteiger partial charge in [0.15, 0.2) is 17.5 Å². The van der Waals surface area contributed by atoms with Crippen molar-refractivity contribution in [1.29, 1.82) is 0 Å². The summed E-state index contributed by atoms with van der Waals surface area (Å²) in [5, 5.41) is 7.04. The SMILES string of the molecule is c1ccc(-c2ccc3ccc(-c4nc(-c5ccccc5)nc(-c5cccc6c(-c7cccc8ccccc78)cccc56)n4)cc3c2)cc1. The third-order valence-corrected chi connectivity index (χ3v) is 9.12. The Morgan fingerprint density at radius 1 is 0.250 bits per heavy atom. The summed E-state index contributed by atoms with van der Waals surface area (Å²) in [7, 11) is 0. The fourth-order valence-corrected chi connectivity index (χ4v) is 6.74. The quantitative estimate of drug-likeness (QED) is 0.194. The first-order valence-corrected chi connectivity index (χ1v) is 16.2. The molecule has 0 saturated carbocycles. The zero-order chi connectivity index (χ0) is 31.9. The van der Waals surface area contributed by atoms with Gasteiger partial charge in [0.2, 0.25) is 0 Å². The van der Waals surface area contributed by atoms with Gasteiger partial charge in [-0.15, -0.1) is 0 Å². The Morgan fingerprint density at radius 3 is 1.52 bits per heavy atom. The maximum absolute atomic E-state index is 5.17. The van der Waals surface area contributed by atoms with Crippen molar-refractivity contribution in [3.05, 3.63) is 176 Å². The van der Waals surface area contributed by atoms with E-state index in [0.717, 1.165) is 32.8 Å². The lowest BCUT2D eigenvalue weighted by Crippen LogP contribution is -2.00. The van der Waals surface area contributed by atoms with E-state index in [4.69, 9.17) is 15.0 Å². The third kappa shape index (κ3) is 4.99. The fourth-order valence-electron chi connectivity index (χ4n) is 6.74. The molecule has 3 heteroatoms. The van der Waals surface area contributed by atoms with E-state index >= 15 is 0 Å². The van der Waals surface area contributed by atoms with E-state index in [1.165, 1.54) is 38.4 Å². The highest BCUT2D eigenvalue weighted by atomic mass is 15.0. The lowest BCUT2D eigenvalue weighted by molar-refractivity contribution is 1.08. The van der Waals surface area contributed by atoms with Gasteiger partial charge < -0.3 is 0 Å². The van der Waals surface area contributed by atoms with Crippen molar-refractivity contribution in [1.82, 2.24) is 15.0 Å². The molecule has 0 aliphatic heterocycles. The number of rotatable bonds is 5.